The number of aromatic nitrogens is 2. The van der Waals surface area contributed by atoms with Gasteiger partial charge in [0.15, 0.2) is 0 Å². The first-order valence-electron chi connectivity index (χ1n) is 11.4. The maximum absolute atomic E-state index is 12.9. The summed E-state index contributed by atoms with van der Waals surface area (Å²) in [4.78, 5) is 23.8. The average Bonchev–Trinajstić information content (AvgIpc) is 2.75. The van der Waals surface area contributed by atoms with Crippen molar-refractivity contribution in [2.24, 2.45) is 0 Å². The van der Waals surface area contributed by atoms with Gasteiger partial charge in [-0.15, -0.1) is 0 Å². The molecular formula is C24H35N5O3. The zero-order valence-corrected chi connectivity index (χ0v) is 19.8. The number of ether oxygens (including phenoxy) is 2. The quantitative estimate of drug-likeness (QED) is 0.612. The molecule has 0 saturated heterocycles. The fourth-order valence-electron chi connectivity index (χ4n) is 3.92. The fraction of sp³-hybridized carbons (Fsp3) is 0.542. The molecule has 1 aliphatic carbocycles. The topological polar surface area (TPSA) is 88.6 Å². The largest absolute Gasteiger partial charge is 0.494 e. The summed E-state index contributed by atoms with van der Waals surface area (Å²) in [5, 5.41) is 6.72. The van der Waals surface area contributed by atoms with Crippen LogP contribution in [0.15, 0.2) is 24.3 Å². The van der Waals surface area contributed by atoms with Crippen LogP contribution < -0.4 is 25.0 Å². The summed E-state index contributed by atoms with van der Waals surface area (Å²) in [5.41, 5.74) is 0.562. The maximum atomic E-state index is 12.9. The van der Waals surface area contributed by atoms with Crippen LogP contribution in [-0.2, 0) is 0 Å². The number of nitrogens with zero attached hydrogens (tertiary/aromatic N) is 3. The van der Waals surface area contributed by atoms with Gasteiger partial charge in [0.05, 0.1) is 13.2 Å². The lowest BCUT2D eigenvalue weighted by atomic mass is 9.91. The maximum Gasteiger partial charge on any atom is 0.251 e. The van der Waals surface area contributed by atoms with Crippen LogP contribution in [0.25, 0.3) is 0 Å². The Bertz CT molecular complexity index is 886. The van der Waals surface area contributed by atoms with Gasteiger partial charge in [0.1, 0.15) is 29.0 Å². The Labute approximate surface area is 190 Å². The predicted octanol–water partition coefficient (Wildman–Crippen LogP) is 3.80. The molecule has 32 heavy (non-hydrogen) atoms. The Kier molecular flexibility index (Phi) is 8.14. The van der Waals surface area contributed by atoms with Crippen LogP contribution in [0.3, 0.4) is 0 Å². The Morgan fingerprint density at radius 1 is 0.969 bits per heavy atom. The van der Waals surface area contributed by atoms with E-state index < -0.39 is 0 Å². The summed E-state index contributed by atoms with van der Waals surface area (Å²) in [5.74, 6) is 3.69. The standard InChI is InChI=1S/C24H35N5O3/c1-6-31-20-12-17(13-21(14-20)32-7-2)24(30)28-19-10-8-18(9-11-19)27-22-15-23(29(4)5)26-16(3)25-22/h12-15,18-19H,6-11H2,1-5H3,(H,28,30)(H,25,26,27)/t18-,19+. The minimum absolute atomic E-state index is 0.0917. The lowest BCUT2D eigenvalue weighted by molar-refractivity contribution is 0.0925. The molecule has 1 fully saturated rings. The Morgan fingerprint density at radius 3 is 2.12 bits per heavy atom. The first kappa shape index (κ1) is 23.6. The highest BCUT2D eigenvalue weighted by atomic mass is 16.5. The van der Waals surface area contributed by atoms with Crippen molar-refractivity contribution < 1.29 is 14.3 Å². The molecule has 8 nitrogen and oxygen atoms in total. The van der Waals surface area contributed by atoms with E-state index in [0.29, 0.717) is 36.3 Å². The molecule has 1 heterocycles. The Morgan fingerprint density at radius 2 is 1.56 bits per heavy atom. The van der Waals surface area contributed by atoms with E-state index in [-0.39, 0.29) is 11.9 Å². The van der Waals surface area contributed by atoms with Crippen LogP contribution in [0.1, 0.15) is 55.7 Å². The van der Waals surface area contributed by atoms with Crippen molar-refractivity contribution in [3.8, 4) is 11.5 Å². The molecule has 1 amide bonds. The summed E-state index contributed by atoms with van der Waals surface area (Å²) < 4.78 is 11.2. The zero-order valence-electron chi connectivity index (χ0n) is 19.8. The monoisotopic (exact) mass is 441 g/mol. The van der Waals surface area contributed by atoms with E-state index in [1.54, 1.807) is 12.1 Å². The molecule has 2 aromatic rings. The molecule has 0 aliphatic heterocycles. The smallest absolute Gasteiger partial charge is 0.251 e. The minimum Gasteiger partial charge on any atom is -0.494 e. The first-order chi connectivity index (χ1) is 15.4. The van der Waals surface area contributed by atoms with Crippen molar-refractivity contribution in [1.29, 1.82) is 0 Å². The molecule has 1 aliphatic rings. The Balaban J connectivity index is 1.56. The van der Waals surface area contributed by atoms with E-state index in [1.165, 1.54) is 0 Å². The van der Waals surface area contributed by atoms with E-state index in [9.17, 15) is 4.79 Å². The van der Waals surface area contributed by atoms with Gasteiger partial charge in [0.2, 0.25) is 0 Å². The van der Waals surface area contributed by atoms with Crippen LogP contribution in [-0.4, -0.2) is 55.3 Å². The van der Waals surface area contributed by atoms with E-state index in [0.717, 1.165) is 43.1 Å². The van der Waals surface area contributed by atoms with Gasteiger partial charge < -0.3 is 25.0 Å². The van der Waals surface area contributed by atoms with Gasteiger partial charge in [0, 0.05) is 43.9 Å². The summed E-state index contributed by atoms with van der Waals surface area (Å²) in [6, 6.07) is 7.82. The molecule has 1 aromatic carbocycles. The van der Waals surface area contributed by atoms with Crippen LogP contribution in [0.5, 0.6) is 11.5 Å². The average molecular weight is 442 g/mol. The summed E-state index contributed by atoms with van der Waals surface area (Å²) in [6.45, 7) is 6.82. The van der Waals surface area contributed by atoms with Crippen LogP contribution in [0.4, 0.5) is 11.6 Å². The third-order valence-corrected chi connectivity index (χ3v) is 5.46. The second-order valence-electron chi connectivity index (χ2n) is 8.28. The SMILES string of the molecule is CCOc1cc(OCC)cc(C(=O)N[C@H]2CC[C@@H](Nc3cc(N(C)C)nc(C)n3)CC2)c1. The van der Waals surface area contributed by atoms with Gasteiger partial charge in [-0.1, -0.05) is 0 Å². The third kappa shape index (κ3) is 6.48. The number of amides is 1. The molecule has 1 aromatic heterocycles. The van der Waals surface area contributed by atoms with Crippen molar-refractivity contribution in [2.45, 2.75) is 58.5 Å². The number of anilines is 2. The van der Waals surface area contributed by atoms with E-state index >= 15 is 0 Å². The molecule has 0 atom stereocenters. The molecule has 174 valence electrons. The number of hydrogen-bond donors (Lipinski definition) is 2. The van der Waals surface area contributed by atoms with Gasteiger partial charge in [-0.05, 0) is 58.6 Å². The van der Waals surface area contributed by atoms with Gasteiger partial charge in [0.25, 0.3) is 5.91 Å². The highest BCUT2D eigenvalue weighted by molar-refractivity contribution is 5.95. The fourth-order valence-corrected chi connectivity index (χ4v) is 3.92. The second-order valence-corrected chi connectivity index (χ2v) is 8.28. The molecule has 8 heteroatoms. The number of nitrogens with one attached hydrogen (secondary N) is 2. The molecule has 0 bridgehead atoms. The van der Waals surface area contributed by atoms with Crippen molar-refractivity contribution in [3.05, 3.63) is 35.7 Å². The lowest BCUT2D eigenvalue weighted by Gasteiger charge is -2.30. The molecule has 3 rings (SSSR count). The number of benzene rings is 1. The highest BCUT2D eigenvalue weighted by Crippen LogP contribution is 2.26. The highest BCUT2D eigenvalue weighted by Gasteiger charge is 2.24. The van der Waals surface area contributed by atoms with Gasteiger partial charge >= 0.3 is 0 Å². The normalized spacial score (nSPS) is 18.0. The van der Waals surface area contributed by atoms with Crippen LogP contribution in [0.2, 0.25) is 0 Å². The molecule has 0 radical (unpaired) electrons. The summed E-state index contributed by atoms with van der Waals surface area (Å²) in [6.07, 6.45) is 3.76. The van der Waals surface area contributed by atoms with Crippen molar-refractivity contribution >= 4 is 17.5 Å². The molecular weight excluding hydrogens is 406 g/mol. The second kappa shape index (κ2) is 11.0. The van der Waals surface area contributed by atoms with Crippen molar-refractivity contribution in [2.75, 3.05) is 37.5 Å². The van der Waals surface area contributed by atoms with Crippen LogP contribution >= 0.6 is 0 Å². The van der Waals surface area contributed by atoms with Crippen molar-refractivity contribution in [3.63, 3.8) is 0 Å². The third-order valence-electron chi connectivity index (χ3n) is 5.46. The summed E-state index contributed by atoms with van der Waals surface area (Å²) in [7, 11) is 3.95. The molecule has 1 saturated carbocycles. The van der Waals surface area contributed by atoms with Crippen molar-refractivity contribution in [1.82, 2.24) is 15.3 Å². The number of rotatable bonds is 9. The lowest BCUT2D eigenvalue weighted by Crippen LogP contribution is -2.40. The van der Waals surface area contributed by atoms with Gasteiger partial charge in [-0.3, -0.25) is 4.79 Å². The number of carbonyl (C=O) groups is 1. The molecule has 2 N–H and O–H groups in total. The minimum atomic E-state index is -0.0917. The van der Waals surface area contributed by atoms with E-state index in [4.69, 9.17) is 9.47 Å². The van der Waals surface area contributed by atoms with E-state index in [1.807, 2.05) is 51.9 Å². The number of hydrogen-bond acceptors (Lipinski definition) is 7. The van der Waals surface area contributed by atoms with Gasteiger partial charge in [-0.2, -0.15) is 0 Å². The first-order valence-corrected chi connectivity index (χ1v) is 11.4. The molecule has 0 spiro atoms. The van der Waals surface area contributed by atoms with Gasteiger partial charge in [-0.25, -0.2) is 9.97 Å². The van der Waals surface area contributed by atoms with E-state index in [2.05, 4.69) is 20.6 Å². The van der Waals surface area contributed by atoms with Crippen LogP contribution in [0, 0.1) is 6.92 Å². The predicted molar refractivity (Wildman–Crippen MR) is 127 cm³/mol. The number of aryl methyl sites for hydroxylation is 1. The number of carbonyl (C=O) groups excluding carboxylic acids is 1. The Hall–Kier alpha value is -3.03. The zero-order chi connectivity index (χ0) is 23.1. The summed E-state index contributed by atoms with van der Waals surface area (Å²) >= 11 is 0. The molecule has 0 unspecified atom stereocenters.